The summed E-state index contributed by atoms with van der Waals surface area (Å²) < 4.78 is 34.5. The van der Waals surface area contributed by atoms with Gasteiger partial charge in [0.15, 0.2) is 5.69 Å². The molecule has 0 bridgehead atoms. The van der Waals surface area contributed by atoms with Crippen molar-refractivity contribution in [3.05, 3.63) is 24.0 Å². The lowest BCUT2D eigenvalue weighted by molar-refractivity contribution is -0.0455. The van der Waals surface area contributed by atoms with Crippen molar-refractivity contribution in [1.29, 1.82) is 5.26 Å². The number of hydrogen-bond acceptors (Lipinski definition) is 6. The fourth-order valence-corrected chi connectivity index (χ4v) is 5.13. The maximum Gasteiger partial charge on any atom is 0.282 e. The molecule has 2 atom stereocenters. The van der Waals surface area contributed by atoms with Crippen molar-refractivity contribution in [3.63, 3.8) is 0 Å². The smallest absolute Gasteiger partial charge is 0.282 e. The molecule has 0 spiro atoms. The lowest BCUT2D eigenvalue weighted by atomic mass is 10.2. The summed E-state index contributed by atoms with van der Waals surface area (Å²) in [5.74, 6) is 0. The Hall–Kier alpha value is -1.73. The maximum atomic E-state index is 12.9. The molecule has 8 nitrogen and oxygen atoms in total. The fourth-order valence-electron chi connectivity index (χ4n) is 3.38. The normalized spacial score (nSPS) is 26.4. The van der Waals surface area contributed by atoms with Crippen molar-refractivity contribution < 1.29 is 13.2 Å². The molecule has 9 heteroatoms. The van der Waals surface area contributed by atoms with Gasteiger partial charge in [-0.3, -0.25) is 0 Å². The highest BCUT2D eigenvalue weighted by Gasteiger charge is 2.36. The third kappa shape index (κ3) is 3.77. The Morgan fingerprint density at radius 2 is 1.80 bits per heavy atom. The third-order valence-corrected chi connectivity index (χ3v) is 6.48. The fraction of sp³-hybridized carbons (Fsp3) is 0.625. The van der Waals surface area contributed by atoms with Crippen molar-refractivity contribution in [2.75, 3.05) is 44.2 Å². The predicted molar refractivity (Wildman–Crippen MR) is 93.2 cm³/mol. The van der Waals surface area contributed by atoms with Crippen molar-refractivity contribution in [2.24, 2.45) is 0 Å². The molecule has 25 heavy (non-hydrogen) atoms. The molecule has 0 aromatic carbocycles. The van der Waals surface area contributed by atoms with Crippen LogP contribution in [0.3, 0.4) is 0 Å². The van der Waals surface area contributed by atoms with Crippen LogP contribution in [-0.4, -0.2) is 73.5 Å². The average molecular weight is 365 g/mol. The van der Waals surface area contributed by atoms with Crippen molar-refractivity contribution in [3.8, 4) is 6.07 Å². The summed E-state index contributed by atoms with van der Waals surface area (Å²) in [5, 5.41) is 9.19. The summed E-state index contributed by atoms with van der Waals surface area (Å²) in [7, 11) is -3.49. The van der Waals surface area contributed by atoms with Gasteiger partial charge in [-0.05, 0) is 26.0 Å². The first-order valence-corrected chi connectivity index (χ1v) is 9.82. The van der Waals surface area contributed by atoms with Gasteiger partial charge in [0.05, 0.1) is 17.9 Å². The van der Waals surface area contributed by atoms with Crippen LogP contribution in [0.5, 0.6) is 0 Å². The monoisotopic (exact) mass is 365 g/mol. The van der Waals surface area contributed by atoms with Gasteiger partial charge in [-0.15, -0.1) is 0 Å². The number of morpholine rings is 1. The molecule has 0 aliphatic carbocycles. The highest BCUT2D eigenvalue weighted by atomic mass is 32.2. The molecule has 2 saturated heterocycles. The van der Waals surface area contributed by atoms with Crippen molar-refractivity contribution in [2.45, 2.75) is 26.1 Å². The Kier molecular flexibility index (Phi) is 5.24. The quantitative estimate of drug-likeness (QED) is 0.772. The zero-order chi connectivity index (χ0) is 18.0. The van der Waals surface area contributed by atoms with Gasteiger partial charge >= 0.3 is 0 Å². The molecule has 1 aromatic heterocycles. The molecular weight excluding hydrogens is 342 g/mol. The standard InChI is InChI=1S/C16H23N5O3S/c1-13-11-21(12-14(2)24-13)25(22,23)20-8-6-19(7-9-20)16-4-3-5-18-15(16)10-17/h3-5,13-14H,6-9,11-12H2,1-2H3. The molecule has 0 radical (unpaired) electrons. The summed E-state index contributed by atoms with van der Waals surface area (Å²) in [4.78, 5) is 6.09. The highest BCUT2D eigenvalue weighted by molar-refractivity contribution is 7.86. The molecule has 2 aliphatic heterocycles. The lowest BCUT2D eigenvalue weighted by Crippen LogP contribution is -2.57. The van der Waals surface area contributed by atoms with Gasteiger partial charge in [0.2, 0.25) is 0 Å². The van der Waals surface area contributed by atoms with E-state index in [2.05, 4.69) is 11.1 Å². The van der Waals surface area contributed by atoms with Crippen molar-refractivity contribution in [1.82, 2.24) is 13.6 Å². The second kappa shape index (κ2) is 7.25. The van der Waals surface area contributed by atoms with E-state index in [1.807, 2.05) is 24.8 Å². The Morgan fingerprint density at radius 3 is 2.40 bits per heavy atom. The van der Waals surface area contributed by atoms with E-state index in [9.17, 15) is 13.7 Å². The van der Waals surface area contributed by atoms with E-state index in [0.29, 0.717) is 45.0 Å². The second-order valence-corrected chi connectivity index (χ2v) is 8.38. The minimum Gasteiger partial charge on any atom is -0.373 e. The van der Waals surface area contributed by atoms with Crippen LogP contribution < -0.4 is 4.90 Å². The molecular formula is C16H23N5O3S. The van der Waals surface area contributed by atoms with Gasteiger partial charge in [0, 0.05) is 45.5 Å². The Labute approximate surface area is 148 Å². The number of aromatic nitrogens is 1. The molecule has 0 saturated carbocycles. The third-order valence-electron chi connectivity index (χ3n) is 4.51. The van der Waals surface area contributed by atoms with E-state index in [1.54, 1.807) is 12.3 Å². The van der Waals surface area contributed by atoms with E-state index in [4.69, 9.17) is 4.74 Å². The molecule has 2 fully saturated rings. The zero-order valence-electron chi connectivity index (χ0n) is 14.5. The second-order valence-electron chi connectivity index (χ2n) is 6.45. The first-order chi connectivity index (χ1) is 11.9. The number of ether oxygens (including phenoxy) is 1. The molecule has 1 aromatic rings. The van der Waals surface area contributed by atoms with E-state index >= 15 is 0 Å². The largest absolute Gasteiger partial charge is 0.373 e. The number of nitriles is 1. The van der Waals surface area contributed by atoms with E-state index in [1.165, 1.54) is 8.61 Å². The summed E-state index contributed by atoms with van der Waals surface area (Å²) in [6.45, 7) is 6.40. The number of piperazine rings is 1. The van der Waals surface area contributed by atoms with Crippen LogP contribution in [0.15, 0.2) is 18.3 Å². The summed E-state index contributed by atoms with van der Waals surface area (Å²) in [5.41, 5.74) is 1.13. The molecule has 3 rings (SSSR count). The number of anilines is 1. The van der Waals surface area contributed by atoms with Gasteiger partial charge in [-0.25, -0.2) is 4.98 Å². The molecule has 2 unspecified atom stereocenters. The predicted octanol–water partition coefficient (Wildman–Crippen LogP) is 0.429. The van der Waals surface area contributed by atoms with E-state index in [0.717, 1.165) is 5.69 Å². The van der Waals surface area contributed by atoms with Gasteiger partial charge < -0.3 is 9.64 Å². The van der Waals surface area contributed by atoms with Crippen LogP contribution in [0.2, 0.25) is 0 Å². The van der Waals surface area contributed by atoms with Gasteiger partial charge in [-0.2, -0.15) is 22.3 Å². The molecule has 136 valence electrons. The van der Waals surface area contributed by atoms with Crippen LogP contribution >= 0.6 is 0 Å². The van der Waals surface area contributed by atoms with E-state index < -0.39 is 10.2 Å². The maximum absolute atomic E-state index is 12.9. The minimum absolute atomic E-state index is 0.103. The SMILES string of the molecule is CC1CN(S(=O)(=O)N2CCN(c3cccnc3C#N)CC2)CC(C)O1. The van der Waals surface area contributed by atoms with Crippen molar-refractivity contribution >= 4 is 15.9 Å². The molecule has 2 aliphatic rings. The van der Waals surface area contributed by atoms with E-state index in [-0.39, 0.29) is 12.2 Å². The van der Waals surface area contributed by atoms with Gasteiger partial charge in [0.25, 0.3) is 10.2 Å². The molecule has 0 amide bonds. The number of pyridine rings is 1. The Bertz CT molecular complexity index is 745. The lowest BCUT2D eigenvalue weighted by Gasteiger charge is -2.40. The highest BCUT2D eigenvalue weighted by Crippen LogP contribution is 2.22. The Balaban J connectivity index is 1.68. The Morgan fingerprint density at radius 1 is 1.16 bits per heavy atom. The summed E-state index contributed by atoms with van der Waals surface area (Å²) in [6, 6.07) is 5.72. The van der Waals surface area contributed by atoms with Crippen LogP contribution in [0.1, 0.15) is 19.5 Å². The summed E-state index contributed by atoms with van der Waals surface area (Å²) in [6.07, 6.45) is 1.38. The average Bonchev–Trinajstić information content (AvgIpc) is 2.61. The van der Waals surface area contributed by atoms with Crippen LogP contribution in [0.4, 0.5) is 5.69 Å². The van der Waals surface area contributed by atoms with Crippen LogP contribution in [0, 0.1) is 11.3 Å². The minimum atomic E-state index is -3.49. The van der Waals surface area contributed by atoms with Gasteiger partial charge in [0.1, 0.15) is 6.07 Å². The zero-order valence-corrected chi connectivity index (χ0v) is 15.3. The first-order valence-electron chi connectivity index (χ1n) is 8.42. The van der Waals surface area contributed by atoms with Crippen LogP contribution in [-0.2, 0) is 14.9 Å². The molecule has 3 heterocycles. The number of hydrogen-bond donors (Lipinski definition) is 0. The molecule has 0 N–H and O–H groups in total. The van der Waals surface area contributed by atoms with Gasteiger partial charge in [-0.1, -0.05) is 0 Å². The summed E-state index contributed by atoms with van der Waals surface area (Å²) >= 11 is 0. The number of nitrogens with zero attached hydrogens (tertiary/aromatic N) is 5. The van der Waals surface area contributed by atoms with Crippen LogP contribution in [0.25, 0.3) is 0 Å². The topological polar surface area (TPSA) is 89.8 Å². The number of rotatable bonds is 3. The first kappa shape index (κ1) is 18.1.